The fourth-order valence-electron chi connectivity index (χ4n) is 7.23. The van der Waals surface area contributed by atoms with Gasteiger partial charge in [0.15, 0.2) is 0 Å². The van der Waals surface area contributed by atoms with Crippen molar-refractivity contribution in [2.24, 2.45) is 22.7 Å². The molecule has 1 unspecified atom stereocenters. The van der Waals surface area contributed by atoms with Gasteiger partial charge in [-0.1, -0.05) is 108 Å². The van der Waals surface area contributed by atoms with Crippen molar-refractivity contribution in [3.63, 3.8) is 0 Å². The minimum Gasteiger partial charge on any atom is -0.354 e. The molecule has 3 N–H and O–H groups in total. The van der Waals surface area contributed by atoms with Crippen molar-refractivity contribution < 1.29 is 14.4 Å². The summed E-state index contributed by atoms with van der Waals surface area (Å²) in [7, 11) is 0. The molecule has 3 aliphatic carbocycles. The second-order valence-corrected chi connectivity index (χ2v) is 15.5. The van der Waals surface area contributed by atoms with Crippen molar-refractivity contribution in [1.29, 1.82) is 0 Å². The highest BCUT2D eigenvalue weighted by molar-refractivity contribution is 6.01. The summed E-state index contributed by atoms with van der Waals surface area (Å²) in [6.45, 7) is 16.1. The summed E-state index contributed by atoms with van der Waals surface area (Å²) < 4.78 is 0. The van der Waals surface area contributed by atoms with Crippen molar-refractivity contribution in [2.75, 3.05) is 13.1 Å². The molecule has 6 nitrogen and oxygen atoms in total. The van der Waals surface area contributed by atoms with Crippen LogP contribution in [0.5, 0.6) is 0 Å². The lowest BCUT2D eigenvalue weighted by atomic mass is 9.45. The molecule has 3 saturated carbocycles. The first-order valence-corrected chi connectivity index (χ1v) is 16.8. The largest absolute Gasteiger partial charge is 0.354 e. The van der Waals surface area contributed by atoms with Gasteiger partial charge in [-0.3, -0.25) is 14.4 Å². The van der Waals surface area contributed by atoms with Crippen molar-refractivity contribution >= 4 is 17.7 Å². The van der Waals surface area contributed by atoms with E-state index in [1.54, 1.807) is 0 Å². The van der Waals surface area contributed by atoms with Crippen LogP contribution in [-0.2, 0) is 15.0 Å². The second kappa shape index (κ2) is 13.1. The highest BCUT2D eigenvalue weighted by Gasteiger charge is 2.60. The molecule has 244 valence electrons. The summed E-state index contributed by atoms with van der Waals surface area (Å²) >= 11 is 0. The van der Waals surface area contributed by atoms with Crippen LogP contribution in [0.25, 0.3) is 11.1 Å². The molecule has 3 fully saturated rings. The Bertz CT molecular complexity index is 1560. The molecule has 0 aliphatic heterocycles. The normalized spacial score (nSPS) is 22.8. The molecule has 0 radical (unpaired) electrons. The number of carbonyl (C=O) groups is 3. The van der Waals surface area contributed by atoms with Crippen molar-refractivity contribution in [3.8, 4) is 11.1 Å². The van der Waals surface area contributed by atoms with Crippen LogP contribution in [0, 0.1) is 29.6 Å². The maximum absolute atomic E-state index is 13.8. The number of amides is 3. The number of nitrogens with one attached hydrogen (secondary N) is 3. The molecule has 3 aliphatic rings. The van der Waals surface area contributed by atoms with Gasteiger partial charge >= 0.3 is 0 Å². The van der Waals surface area contributed by atoms with E-state index in [0.29, 0.717) is 30.5 Å². The topological polar surface area (TPSA) is 87.3 Å². The van der Waals surface area contributed by atoms with Crippen molar-refractivity contribution in [3.05, 3.63) is 95.1 Å². The number of hydrogen-bond donors (Lipinski definition) is 3. The van der Waals surface area contributed by atoms with Gasteiger partial charge in [-0.2, -0.15) is 0 Å². The average molecular weight is 622 g/mol. The van der Waals surface area contributed by atoms with Gasteiger partial charge in [0.25, 0.3) is 5.91 Å². The van der Waals surface area contributed by atoms with E-state index in [1.165, 1.54) is 5.56 Å². The maximum Gasteiger partial charge on any atom is 0.251 e. The monoisotopic (exact) mass is 621 g/mol. The first-order valence-electron chi connectivity index (χ1n) is 16.8. The molecular formula is C40H51N3O3. The smallest absolute Gasteiger partial charge is 0.251 e. The molecule has 0 saturated heterocycles. The summed E-state index contributed by atoms with van der Waals surface area (Å²) in [6.07, 6.45) is 3.13. The van der Waals surface area contributed by atoms with Crippen LogP contribution in [0.15, 0.2) is 72.8 Å². The zero-order chi connectivity index (χ0) is 33.3. The van der Waals surface area contributed by atoms with E-state index < -0.39 is 11.5 Å². The van der Waals surface area contributed by atoms with Crippen LogP contribution in [0.2, 0.25) is 0 Å². The number of rotatable bonds is 10. The quantitative estimate of drug-likeness (QED) is 0.219. The third kappa shape index (κ3) is 6.91. The van der Waals surface area contributed by atoms with Gasteiger partial charge in [0, 0.05) is 24.1 Å². The van der Waals surface area contributed by atoms with E-state index in [4.69, 9.17) is 0 Å². The van der Waals surface area contributed by atoms with E-state index in [9.17, 15) is 14.4 Å². The van der Waals surface area contributed by atoms with Crippen LogP contribution in [-0.4, -0.2) is 30.8 Å². The minimum absolute atomic E-state index is 0.0368. The summed E-state index contributed by atoms with van der Waals surface area (Å²) in [5, 5.41) is 9.40. The SMILES string of the molecule is Cc1cccc(C(=O)NCC2(C)CCC3(C(=O)N[C@H](C(=O)NCC(C)C)c4ccccc4)CC2C3)c1-c1ccc(C(C)(C)C)cc1. The third-order valence-electron chi connectivity index (χ3n) is 10.5. The summed E-state index contributed by atoms with van der Waals surface area (Å²) in [5.74, 6) is 0.372. The van der Waals surface area contributed by atoms with Gasteiger partial charge in [0.05, 0.1) is 0 Å². The Hall–Kier alpha value is -3.93. The van der Waals surface area contributed by atoms with Crippen LogP contribution in [0.1, 0.15) is 100 Å². The molecule has 2 bridgehead atoms. The number of fused-ring (bicyclic) bond motifs is 2. The molecule has 3 aromatic rings. The molecular weight excluding hydrogens is 570 g/mol. The standard InChI is InChI=1S/C40H51N3O3/c1-26(2)24-41-36(45)34(29-13-9-8-10-14-29)43-37(46)40-21-20-39(7,31(22-40)23-40)25-42-35(44)32-15-11-12-27(3)33(32)28-16-18-30(19-17-28)38(4,5)6/h8-19,26,31,34H,20-25H2,1-7H3,(H,41,45)(H,42,44)(H,43,46)/t31?,34-,39?,40?/m0/s1. The lowest BCUT2D eigenvalue weighted by Gasteiger charge is -2.59. The van der Waals surface area contributed by atoms with Crippen LogP contribution in [0.3, 0.4) is 0 Å². The van der Waals surface area contributed by atoms with Crippen molar-refractivity contribution in [1.82, 2.24) is 16.0 Å². The molecule has 46 heavy (non-hydrogen) atoms. The number of carbonyl (C=O) groups excluding carboxylic acids is 3. The Morgan fingerprint density at radius 3 is 2.13 bits per heavy atom. The fraction of sp³-hybridized carbons (Fsp3) is 0.475. The summed E-state index contributed by atoms with van der Waals surface area (Å²) in [6, 6.07) is 23.2. The predicted molar refractivity (Wildman–Crippen MR) is 185 cm³/mol. The Balaban J connectivity index is 1.24. The summed E-state index contributed by atoms with van der Waals surface area (Å²) in [4.78, 5) is 40.6. The number of hydrogen-bond acceptors (Lipinski definition) is 3. The molecule has 6 rings (SSSR count). The third-order valence-corrected chi connectivity index (χ3v) is 10.5. The number of benzene rings is 3. The highest BCUT2D eigenvalue weighted by atomic mass is 16.2. The first kappa shape index (κ1) is 33.4. The molecule has 0 aromatic heterocycles. The van der Waals surface area contributed by atoms with Gasteiger partial charge < -0.3 is 16.0 Å². The van der Waals surface area contributed by atoms with Gasteiger partial charge in [0.1, 0.15) is 6.04 Å². The van der Waals surface area contributed by atoms with E-state index in [-0.39, 0.29) is 28.6 Å². The van der Waals surface area contributed by atoms with Crippen molar-refractivity contribution in [2.45, 2.75) is 85.6 Å². The molecule has 3 aromatic carbocycles. The first-order chi connectivity index (χ1) is 21.7. The fourth-order valence-corrected chi connectivity index (χ4v) is 7.23. The van der Waals surface area contributed by atoms with Gasteiger partial charge in [-0.25, -0.2) is 0 Å². The Morgan fingerprint density at radius 2 is 1.54 bits per heavy atom. The van der Waals surface area contributed by atoms with Gasteiger partial charge in [-0.05, 0) is 89.2 Å². The van der Waals surface area contributed by atoms with E-state index in [0.717, 1.165) is 47.9 Å². The second-order valence-electron chi connectivity index (χ2n) is 15.5. The summed E-state index contributed by atoms with van der Waals surface area (Å²) in [5.41, 5.74) is 5.33. The lowest BCUT2D eigenvalue weighted by molar-refractivity contribution is -0.158. The Kier molecular flexibility index (Phi) is 9.49. The van der Waals surface area contributed by atoms with E-state index >= 15 is 0 Å². The van der Waals surface area contributed by atoms with Crippen LogP contribution < -0.4 is 16.0 Å². The molecule has 0 spiro atoms. The Labute approximate surface area is 275 Å². The Morgan fingerprint density at radius 1 is 0.870 bits per heavy atom. The predicted octanol–water partition coefficient (Wildman–Crippen LogP) is 7.52. The van der Waals surface area contributed by atoms with E-state index in [1.807, 2.05) is 42.5 Å². The highest BCUT2D eigenvalue weighted by Crippen LogP contribution is 2.63. The molecule has 3 amide bonds. The zero-order valence-corrected chi connectivity index (χ0v) is 28.6. The van der Waals surface area contributed by atoms with Gasteiger partial charge in [0.2, 0.25) is 11.8 Å². The van der Waals surface area contributed by atoms with E-state index in [2.05, 4.69) is 94.7 Å². The molecule has 6 heteroatoms. The molecule has 0 heterocycles. The lowest BCUT2D eigenvalue weighted by Crippen LogP contribution is -2.61. The minimum atomic E-state index is -0.721. The van der Waals surface area contributed by atoms with Crippen LogP contribution >= 0.6 is 0 Å². The number of aryl methyl sites for hydroxylation is 1. The van der Waals surface area contributed by atoms with Crippen LogP contribution in [0.4, 0.5) is 0 Å². The average Bonchev–Trinajstić information content (AvgIpc) is 3.01. The van der Waals surface area contributed by atoms with Gasteiger partial charge in [-0.15, -0.1) is 0 Å². The molecule has 2 atom stereocenters. The maximum atomic E-state index is 13.8. The zero-order valence-electron chi connectivity index (χ0n) is 28.6.